The van der Waals surface area contributed by atoms with E-state index in [-0.39, 0.29) is 17.4 Å². The Labute approximate surface area is 166 Å². The summed E-state index contributed by atoms with van der Waals surface area (Å²) in [7, 11) is 4.08. The third-order valence-corrected chi connectivity index (χ3v) is 4.48. The number of ether oxygens (including phenoxy) is 2. The van der Waals surface area contributed by atoms with Gasteiger partial charge >= 0.3 is 0 Å². The fourth-order valence-corrected chi connectivity index (χ4v) is 3.67. The molecular formula is C21H29N3O4. The Morgan fingerprint density at radius 3 is 2.86 bits per heavy atom. The fourth-order valence-electron chi connectivity index (χ4n) is 3.67. The third-order valence-electron chi connectivity index (χ3n) is 4.48. The van der Waals surface area contributed by atoms with Gasteiger partial charge in [-0.3, -0.25) is 4.79 Å². The normalized spacial score (nSPS) is 17.4. The van der Waals surface area contributed by atoms with E-state index in [0.29, 0.717) is 37.7 Å². The Balaban J connectivity index is 1.73. The summed E-state index contributed by atoms with van der Waals surface area (Å²) in [6, 6.07) is 7.22. The Morgan fingerprint density at radius 2 is 2.14 bits per heavy atom. The lowest BCUT2D eigenvalue weighted by Crippen LogP contribution is -2.46. The summed E-state index contributed by atoms with van der Waals surface area (Å²) < 4.78 is 17.1. The molecule has 1 unspecified atom stereocenters. The molecule has 7 nitrogen and oxygen atoms in total. The van der Waals surface area contributed by atoms with Crippen LogP contribution < -0.4 is 4.74 Å². The number of pyridine rings is 1. The molecule has 0 aliphatic carbocycles. The average Bonchev–Trinajstić information content (AvgIpc) is 3.08. The number of rotatable bonds is 8. The molecule has 1 aliphatic rings. The van der Waals surface area contributed by atoms with Gasteiger partial charge in [0.2, 0.25) is 5.88 Å². The molecule has 0 saturated heterocycles. The molecule has 2 aromatic heterocycles. The highest BCUT2D eigenvalue weighted by molar-refractivity contribution is 5.96. The monoisotopic (exact) mass is 387 g/mol. The van der Waals surface area contributed by atoms with Gasteiger partial charge in [-0.15, -0.1) is 0 Å². The van der Waals surface area contributed by atoms with E-state index in [0.717, 1.165) is 12.3 Å². The van der Waals surface area contributed by atoms with Crippen molar-refractivity contribution in [1.82, 2.24) is 14.8 Å². The first-order valence-electron chi connectivity index (χ1n) is 9.50. The van der Waals surface area contributed by atoms with Gasteiger partial charge in [0.1, 0.15) is 24.0 Å². The van der Waals surface area contributed by atoms with E-state index < -0.39 is 0 Å². The van der Waals surface area contributed by atoms with Gasteiger partial charge in [0, 0.05) is 19.3 Å². The van der Waals surface area contributed by atoms with Crippen molar-refractivity contribution in [2.75, 3.05) is 40.3 Å². The Morgan fingerprint density at radius 1 is 1.32 bits per heavy atom. The van der Waals surface area contributed by atoms with Crippen LogP contribution in [0.1, 0.15) is 30.0 Å². The minimum Gasteiger partial charge on any atom is -0.469 e. The van der Waals surface area contributed by atoms with Gasteiger partial charge in [-0.05, 0) is 43.8 Å². The van der Waals surface area contributed by atoms with Crippen molar-refractivity contribution in [2.45, 2.75) is 26.6 Å². The first kappa shape index (κ1) is 20.4. The number of hydrogen-bond acceptors (Lipinski definition) is 6. The molecule has 152 valence electrons. The second kappa shape index (κ2) is 8.75. The predicted octanol–water partition coefficient (Wildman–Crippen LogP) is 2.68. The summed E-state index contributed by atoms with van der Waals surface area (Å²) in [4.78, 5) is 21.4. The number of fused-ring (bicyclic) bond motifs is 1. The van der Waals surface area contributed by atoms with Crippen molar-refractivity contribution < 1.29 is 18.7 Å². The van der Waals surface area contributed by atoms with Gasteiger partial charge in [0.15, 0.2) is 0 Å². The number of amides is 1. The Bertz CT molecular complexity index is 774. The third kappa shape index (κ3) is 5.33. The highest BCUT2D eigenvalue weighted by atomic mass is 16.5. The maximum Gasteiger partial charge on any atom is 0.259 e. The van der Waals surface area contributed by atoms with Crippen LogP contribution in [-0.2, 0) is 11.3 Å². The highest BCUT2D eigenvalue weighted by Crippen LogP contribution is 2.26. The molecule has 1 atom stereocenters. The second-order valence-corrected chi connectivity index (χ2v) is 8.28. The molecule has 0 saturated carbocycles. The maximum atomic E-state index is 13.1. The number of aromatic nitrogens is 1. The number of carbonyl (C=O) groups excluding carboxylic acids is 1. The fraction of sp³-hybridized carbons (Fsp3) is 0.524. The van der Waals surface area contributed by atoms with Gasteiger partial charge in [-0.1, -0.05) is 13.8 Å². The van der Waals surface area contributed by atoms with E-state index in [1.54, 1.807) is 24.6 Å². The number of furan rings is 1. The van der Waals surface area contributed by atoms with E-state index in [9.17, 15) is 4.79 Å². The van der Waals surface area contributed by atoms with Crippen LogP contribution in [0.25, 0.3) is 0 Å². The first-order valence-corrected chi connectivity index (χ1v) is 9.50. The average molecular weight is 387 g/mol. The van der Waals surface area contributed by atoms with Crippen molar-refractivity contribution in [3.05, 3.63) is 48.0 Å². The molecule has 0 bridgehead atoms. The molecule has 0 spiro atoms. The highest BCUT2D eigenvalue weighted by Gasteiger charge is 2.33. The van der Waals surface area contributed by atoms with Crippen LogP contribution in [-0.4, -0.2) is 67.1 Å². The van der Waals surface area contributed by atoms with Gasteiger partial charge in [0.25, 0.3) is 5.91 Å². The van der Waals surface area contributed by atoms with Crippen LogP contribution in [0.4, 0.5) is 0 Å². The molecule has 7 heteroatoms. The van der Waals surface area contributed by atoms with Crippen molar-refractivity contribution in [3.8, 4) is 5.88 Å². The Kier molecular flexibility index (Phi) is 6.36. The summed E-state index contributed by atoms with van der Waals surface area (Å²) in [6.45, 7) is 6.98. The molecule has 3 rings (SSSR count). The molecular weight excluding hydrogens is 358 g/mol. The first-order chi connectivity index (χ1) is 13.3. The summed E-state index contributed by atoms with van der Waals surface area (Å²) in [5, 5.41) is 0. The zero-order chi connectivity index (χ0) is 20.1. The predicted molar refractivity (Wildman–Crippen MR) is 105 cm³/mol. The number of hydrogen-bond donors (Lipinski definition) is 0. The van der Waals surface area contributed by atoms with Crippen LogP contribution in [0.15, 0.2) is 41.1 Å². The maximum absolute atomic E-state index is 13.1. The zero-order valence-electron chi connectivity index (χ0n) is 17.1. The van der Waals surface area contributed by atoms with Crippen molar-refractivity contribution in [2.24, 2.45) is 5.41 Å². The number of nitrogens with zero attached hydrogens (tertiary/aromatic N) is 3. The van der Waals surface area contributed by atoms with E-state index in [2.05, 4.69) is 23.7 Å². The minimum absolute atomic E-state index is 0.0523. The Hall–Kier alpha value is -2.38. The largest absolute Gasteiger partial charge is 0.469 e. The quantitative estimate of drug-likeness (QED) is 0.694. The van der Waals surface area contributed by atoms with Crippen LogP contribution in [0.3, 0.4) is 0 Å². The summed E-state index contributed by atoms with van der Waals surface area (Å²) >= 11 is 0. The summed E-state index contributed by atoms with van der Waals surface area (Å²) in [5.41, 5.74) is 0.433. The van der Waals surface area contributed by atoms with Crippen molar-refractivity contribution >= 4 is 5.91 Å². The van der Waals surface area contributed by atoms with Crippen molar-refractivity contribution in [1.29, 1.82) is 0 Å². The summed E-state index contributed by atoms with van der Waals surface area (Å²) in [5.74, 6) is 1.07. The van der Waals surface area contributed by atoms with Crippen LogP contribution >= 0.6 is 0 Å². The SMILES string of the molecule is CN(C)CC(C)(C)CN1CC(COCc2ccco2)Oc2ncccc2C1=O. The van der Waals surface area contributed by atoms with E-state index in [4.69, 9.17) is 13.9 Å². The molecule has 28 heavy (non-hydrogen) atoms. The van der Waals surface area contributed by atoms with Gasteiger partial charge in [-0.2, -0.15) is 0 Å². The lowest BCUT2D eigenvalue weighted by molar-refractivity contribution is 0.0151. The topological polar surface area (TPSA) is 68.0 Å². The minimum atomic E-state index is -0.301. The van der Waals surface area contributed by atoms with E-state index in [1.165, 1.54) is 0 Å². The molecule has 0 fully saturated rings. The van der Waals surface area contributed by atoms with E-state index >= 15 is 0 Å². The van der Waals surface area contributed by atoms with Crippen LogP contribution in [0.5, 0.6) is 5.88 Å². The van der Waals surface area contributed by atoms with E-state index in [1.807, 2.05) is 31.1 Å². The standard InChI is InChI=1S/C21H29N3O4/c1-21(2,14-23(3)4)15-24-11-17(13-26-12-16-7-6-10-27-16)28-19-18(20(24)25)8-5-9-22-19/h5-10,17H,11-15H2,1-4H3. The molecule has 0 aromatic carbocycles. The molecule has 0 radical (unpaired) electrons. The molecule has 3 heterocycles. The zero-order valence-corrected chi connectivity index (χ0v) is 17.1. The summed E-state index contributed by atoms with van der Waals surface area (Å²) in [6.07, 6.45) is 2.96. The van der Waals surface area contributed by atoms with Crippen LogP contribution in [0.2, 0.25) is 0 Å². The molecule has 1 aliphatic heterocycles. The number of carbonyl (C=O) groups is 1. The molecule has 1 amide bonds. The van der Waals surface area contributed by atoms with Crippen LogP contribution in [0, 0.1) is 5.41 Å². The van der Waals surface area contributed by atoms with Gasteiger partial charge < -0.3 is 23.7 Å². The van der Waals surface area contributed by atoms with Gasteiger partial charge in [-0.25, -0.2) is 4.98 Å². The lowest BCUT2D eigenvalue weighted by atomic mass is 9.91. The van der Waals surface area contributed by atoms with Gasteiger partial charge in [0.05, 0.1) is 19.4 Å². The molecule has 0 N–H and O–H groups in total. The lowest BCUT2D eigenvalue weighted by Gasteiger charge is -2.34. The van der Waals surface area contributed by atoms with Crippen molar-refractivity contribution in [3.63, 3.8) is 0 Å². The molecule has 2 aromatic rings. The smallest absolute Gasteiger partial charge is 0.259 e. The second-order valence-electron chi connectivity index (χ2n) is 8.28.